The monoisotopic (exact) mass is 1100 g/mol. The van der Waals surface area contributed by atoms with Gasteiger partial charge in [-0.15, -0.1) is 0 Å². The molecule has 0 bridgehead atoms. The van der Waals surface area contributed by atoms with Crippen molar-refractivity contribution in [3.63, 3.8) is 0 Å². The summed E-state index contributed by atoms with van der Waals surface area (Å²) in [5.74, 6) is -0.856. The smallest absolute Gasteiger partial charge is 0.306 e. The first-order chi connectivity index (χ1) is 38.5. The van der Waals surface area contributed by atoms with Gasteiger partial charge in [0.15, 0.2) is 6.10 Å². The third-order valence-corrected chi connectivity index (χ3v) is 15.8. The molecule has 458 valence electrons. The summed E-state index contributed by atoms with van der Waals surface area (Å²) in [7, 11) is 0. The standard InChI is InChI=1S/C72H134O6/c1-4-7-10-13-16-19-22-25-28-30-32-33-34-35-36-37-38-39-41-42-44-47-50-53-56-59-62-65-71(74)77-68-69(67-76-70(73)64-61-58-55-52-49-46-27-24-21-18-15-12-9-6-3)78-72(75)66-63-60-57-54-51-48-45-43-40-31-29-26-23-20-17-14-11-8-5-2/h24,26-27,29-30,32,69H,4-23,25,28,31,33-68H2,1-3H3/b27-24-,29-26-,32-30-. The van der Waals surface area contributed by atoms with Crippen LogP contribution in [0.2, 0.25) is 0 Å². The Morgan fingerprint density at radius 2 is 0.423 bits per heavy atom. The van der Waals surface area contributed by atoms with Gasteiger partial charge in [0.2, 0.25) is 0 Å². The highest BCUT2D eigenvalue weighted by molar-refractivity contribution is 5.71. The Labute approximate surface area is 486 Å². The van der Waals surface area contributed by atoms with Crippen LogP contribution in [-0.4, -0.2) is 37.2 Å². The van der Waals surface area contributed by atoms with E-state index in [0.717, 1.165) is 64.2 Å². The highest BCUT2D eigenvalue weighted by Crippen LogP contribution is 2.18. The molecule has 0 aliphatic heterocycles. The largest absolute Gasteiger partial charge is 0.462 e. The van der Waals surface area contributed by atoms with E-state index >= 15 is 0 Å². The van der Waals surface area contributed by atoms with Crippen molar-refractivity contribution in [2.45, 2.75) is 393 Å². The fraction of sp³-hybridized carbons (Fsp3) is 0.875. The van der Waals surface area contributed by atoms with Crippen molar-refractivity contribution in [1.29, 1.82) is 0 Å². The number of rotatable bonds is 65. The molecule has 6 nitrogen and oxygen atoms in total. The van der Waals surface area contributed by atoms with Crippen LogP contribution in [-0.2, 0) is 28.6 Å². The summed E-state index contributed by atoms with van der Waals surface area (Å²) in [5, 5.41) is 0. The third kappa shape index (κ3) is 64.5. The van der Waals surface area contributed by atoms with E-state index in [0.29, 0.717) is 19.3 Å². The second-order valence-electron chi connectivity index (χ2n) is 23.8. The molecule has 0 aromatic rings. The molecular formula is C72H134O6. The first kappa shape index (κ1) is 75.6. The van der Waals surface area contributed by atoms with Crippen LogP contribution in [0.15, 0.2) is 36.5 Å². The Morgan fingerprint density at radius 1 is 0.244 bits per heavy atom. The normalized spacial score (nSPS) is 12.2. The molecule has 0 aromatic heterocycles. The highest BCUT2D eigenvalue weighted by atomic mass is 16.6. The van der Waals surface area contributed by atoms with Gasteiger partial charge in [-0.25, -0.2) is 0 Å². The molecule has 0 N–H and O–H groups in total. The van der Waals surface area contributed by atoms with E-state index in [4.69, 9.17) is 14.2 Å². The zero-order valence-electron chi connectivity index (χ0n) is 52.7. The number of carbonyl (C=O) groups excluding carboxylic acids is 3. The van der Waals surface area contributed by atoms with Crippen molar-refractivity contribution >= 4 is 17.9 Å². The highest BCUT2D eigenvalue weighted by Gasteiger charge is 2.19. The molecule has 0 amide bonds. The summed E-state index contributed by atoms with van der Waals surface area (Å²) >= 11 is 0. The maximum absolute atomic E-state index is 12.9. The minimum absolute atomic E-state index is 0.0715. The quantitative estimate of drug-likeness (QED) is 0.0261. The van der Waals surface area contributed by atoms with Gasteiger partial charge in [0.25, 0.3) is 0 Å². The number of carbonyl (C=O) groups is 3. The Hall–Kier alpha value is -2.37. The number of hydrogen-bond acceptors (Lipinski definition) is 6. The van der Waals surface area contributed by atoms with Crippen LogP contribution in [0, 0.1) is 0 Å². The van der Waals surface area contributed by atoms with Gasteiger partial charge in [-0.3, -0.25) is 14.4 Å². The fourth-order valence-electron chi connectivity index (χ4n) is 10.5. The molecular weight excluding hydrogens is 961 g/mol. The average Bonchev–Trinajstić information content (AvgIpc) is 3.44. The molecule has 0 fully saturated rings. The zero-order valence-corrected chi connectivity index (χ0v) is 52.7. The van der Waals surface area contributed by atoms with Crippen molar-refractivity contribution in [2.75, 3.05) is 13.2 Å². The topological polar surface area (TPSA) is 78.9 Å². The molecule has 0 saturated heterocycles. The minimum Gasteiger partial charge on any atom is -0.462 e. The summed E-state index contributed by atoms with van der Waals surface area (Å²) in [5.41, 5.74) is 0. The van der Waals surface area contributed by atoms with E-state index in [1.165, 1.54) is 283 Å². The Morgan fingerprint density at radius 3 is 0.641 bits per heavy atom. The second-order valence-corrected chi connectivity index (χ2v) is 23.8. The zero-order chi connectivity index (χ0) is 56.4. The predicted octanol–water partition coefficient (Wildman–Crippen LogP) is 23.9. The van der Waals surface area contributed by atoms with Crippen molar-refractivity contribution < 1.29 is 28.6 Å². The van der Waals surface area contributed by atoms with E-state index < -0.39 is 6.10 Å². The van der Waals surface area contributed by atoms with Crippen molar-refractivity contribution in [2.24, 2.45) is 0 Å². The molecule has 6 heteroatoms. The lowest BCUT2D eigenvalue weighted by molar-refractivity contribution is -0.167. The van der Waals surface area contributed by atoms with Crippen LogP contribution in [0.5, 0.6) is 0 Å². The predicted molar refractivity (Wildman–Crippen MR) is 339 cm³/mol. The van der Waals surface area contributed by atoms with Crippen LogP contribution in [0.4, 0.5) is 0 Å². The van der Waals surface area contributed by atoms with Gasteiger partial charge in [0.1, 0.15) is 13.2 Å². The van der Waals surface area contributed by atoms with Gasteiger partial charge in [0, 0.05) is 19.3 Å². The number of ether oxygens (including phenoxy) is 3. The SMILES string of the molecule is CCCCCCC/C=C\CCCCCCCC(=O)OCC(COC(=O)CCCCCCCCCCCCCCCCC/C=C\CCCCCCCCCC)OC(=O)CCCCCCCCCCC/C=C\CCCCCCCC. The lowest BCUT2D eigenvalue weighted by Crippen LogP contribution is -2.30. The summed E-state index contributed by atoms with van der Waals surface area (Å²) < 4.78 is 17.0. The van der Waals surface area contributed by atoms with Crippen LogP contribution < -0.4 is 0 Å². The molecule has 0 heterocycles. The Bertz CT molecular complexity index is 1300. The molecule has 0 radical (unpaired) electrons. The third-order valence-electron chi connectivity index (χ3n) is 15.8. The summed E-state index contributed by atoms with van der Waals surface area (Å²) in [6, 6.07) is 0. The maximum atomic E-state index is 12.9. The molecule has 1 unspecified atom stereocenters. The second kappa shape index (κ2) is 67.1. The van der Waals surface area contributed by atoms with Gasteiger partial charge in [-0.2, -0.15) is 0 Å². The molecule has 1 atom stereocenters. The van der Waals surface area contributed by atoms with E-state index in [2.05, 4.69) is 57.2 Å². The molecule has 0 aromatic carbocycles. The molecule has 0 rings (SSSR count). The van der Waals surface area contributed by atoms with E-state index in [1.54, 1.807) is 0 Å². The van der Waals surface area contributed by atoms with Crippen LogP contribution in [0.1, 0.15) is 387 Å². The molecule has 0 saturated carbocycles. The van der Waals surface area contributed by atoms with E-state index in [-0.39, 0.29) is 31.1 Å². The van der Waals surface area contributed by atoms with Crippen molar-refractivity contribution in [3.05, 3.63) is 36.5 Å². The number of hydrogen-bond donors (Lipinski definition) is 0. The number of esters is 3. The van der Waals surface area contributed by atoms with Crippen LogP contribution in [0.3, 0.4) is 0 Å². The van der Waals surface area contributed by atoms with Crippen LogP contribution >= 0.6 is 0 Å². The summed E-state index contributed by atoms with van der Waals surface area (Å²) in [6.07, 6.45) is 83.1. The first-order valence-electron chi connectivity index (χ1n) is 35.0. The van der Waals surface area contributed by atoms with Crippen molar-refractivity contribution in [1.82, 2.24) is 0 Å². The summed E-state index contributed by atoms with van der Waals surface area (Å²) in [4.78, 5) is 38.4. The van der Waals surface area contributed by atoms with Gasteiger partial charge in [-0.05, 0) is 96.3 Å². The molecule has 0 aliphatic rings. The lowest BCUT2D eigenvalue weighted by atomic mass is 10.0. The van der Waals surface area contributed by atoms with Crippen molar-refractivity contribution in [3.8, 4) is 0 Å². The van der Waals surface area contributed by atoms with Gasteiger partial charge in [0.05, 0.1) is 0 Å². The van der Waals surface area contributed by atoms with E-state index in [1.807, 2.05) is 0 Å². The van der Waals surface area contributed by atoms with Crippen LogP contribution in [0.25, 0.3) is 0 Å². The molecule has 78 heavy (non-hydrogen) atoms. The summed E-state index contributed by atoms with van der Waals surface area (Å²) in [6.45, 7) is 6.68. The Kier molecular flexibility index (Phi) is 65.1. The Balaban J connectivity index is 4.23. The minimum atomic E-state index is -0.776. The molecule has 0 spiro atoms. The number of allylic oxidation sites excluding steroid dienone is 6. The average molecular weight is 1100 g/mol. The van der Waals surface area contributed by atoms with E-state index in [9.17, 15) is 14.4 Å². The van der Waals surface area contributed by atoms with Gasteiger partial charge in [-0.1, -0.05) is 308 Å². The maximum Gasteiger partial charge on any atom is 0.306 e. The fourth-order valence-corrected chi connectivity index (χ4v) is 10.5. The first-order valence-corrected chi connectivity index (χ1v) is 35.0. The lowest BCUT2D eigenvalue weighted by Gasteiger charge is -2.18. The number of unbranched alkanes of at least 4 members (excludes halogenated alkanes) is 48. The molecule has 0 aliphatic carbocycles. The van der Waals surface area contributed by atoms with Gasteiger partial charge >= 0.3 is 17.9 Å². The van der Waals surface area contributed by atoms with Gasteiger partial charge < -0.3 is 14.2 Å².